The molecule has 0 N–H and O–H groups in total. The van der Waals surface area contributed by atoms with Gasteiger partial charge in [0.2, 0.25) is 5.71 Å². The number of anilines is 1. The Morgan fingerprint density at radius 3 is 2.26 bits per heavy atom. The number of fused-ring (bicyclic) bond motifs is 9. The lowest BCUT2D eigenvalue weighted by atomic mass is 9.33. The Balaban J connectivity index is 0.00000625. The van der Waals surface area contributed by atoms with Gasteiger partial charge in [0.25, 0.3) is 0 Å². The number of allylic oxidation sites excluding steroid dienone is 5. The maximum atomic E-state index is 15.2. The van der Waals surface area contributed by atoms with Gasteiger partial charge in [0, 0.05) is 60.3 Å². The molecule has 2 unspecified atom stereocenters. The van der Waals surface area contributed by atoms with E-state index in [9.17, 15) is 4.79 Å². The van der Waals surface area contributed by atoms with Gasteiger partial charge in [-0.05, 0) is 155 Å². The molecule has 0 amide bonds. The number of rotatable bonds is 9. The van der Waals surface area contributed by atoms with E-state index in [1.165, 1.54) is 31.9 Å². The summed E-state index contributed by atoms with van der Waals surface area (Å²) in [6, 6.07) is 14.3. The molecule has 9 rings (SSSR count). The molecule has 1 heterocycles. The molecule has 4 saturated carbocycles. The number of methoxy groups -OCH3 is 1. The molecule has 9 heteroatoms. The van der Waals surface area contributed by atoms with Gasteiger partial charge in [-0.15, -0.1) is 0 Å². The third kappa shape index (κ3) is 7.32. The number of nitrogens with zero attached hydrogens (tertiary/aromatic N) is 2. The lowest BCUT2D eigenvalue weighted by Gasteiger charge is -2.70. The van der Waals surface area contributed by atoms with Crippen LogP contribution in [0.4, 0.5) is 5.69 Å². The first-order chi connectivity index (χ1) is 31.9. The van der Waals surface area contributed by atoms with Gasteiger partial charge in [0.05, 0.1) is 12.7 Å². The maximum Gasteiger partial charge on any atom is 0.338 e. The maximum absolute atomic E-state index is 15.2. The highest BCUT2D eigenvalue weighted by Crippen LogP contribution is 2.75. The van der Waals surface area contributed by atoms with Crippen LogP contribution < -0.4 is 22.0 Å². The van der Waals surface area contributed by atoms with Crippen LogP contribution in [-0.2, 0) is 19.1 Å². The number of hydrogen-bond acceptors (Lipinski definition) is 7. The molecule has 368 valence electrons. The van der Waals surface area contributed by atoms with E-state index in [0.29, 0.717) is 36.2 Å². The van der Waals surface area contributed by atoms with Crippen molar-refractivity contribution in [3.8, 4) is 5.75 Å². The van der Waals surface area contributed by atoms with E-state index >= 15 is 9.59 Å². The van der Waals surface area contributed by atoms with Crippen molar-refractivity contribution in [2.75, 3.05) is 38.2 Å². The molecule has 0 bridgehead atoms. The number of carbonyl (C=O) groups excluding carboxylic acids is 3. The quantitative estimate of drug-likeness (QED) is 0.183. The molecule has 8 nitrogen and oxygen atoms in total. The van der Waals surface area contributed by atoms with Crippen molar-refractivity contribution in [3.05, 3.63) is 94.8 Å². The molecule has 6 aliphatic carbocycles. The van der Waals surface area contributed by atoms with Gasteiger partial charge < -0.3 is 31.5 Å². The van der Waals surface area contributed by atoms with Crippen LogP contribution in [0.15, 0.2) is 78.1 Å². The third-order valence-electron chi connectivity index (χ3n) is 20.4. The molecule has 0 aromatic heterocycles. The van der Waals surface area contributed by atoms with Gasteiger partial charge in [0.1, 0.15) is 36.1 Å². The van der Waals surface area contributed by atoms with Crippen molar-refractivity contribution >= 4 is 29.1 Å². The first-order valence-electron chi connectivity index (χ1n) is 26.1. The molecule has 0 radical (unpaired) electrons. The number of hydrogen-bond donors (Lipinski definition) is 0. The third-order valence-corrected chi connectivity index (χ3v) is 20.4. The predicted octanol–water partition coefficient (Wildman–Crippen LogP) is 9.16. The predicted molar refractivity (Wildman–Crippen MR) is 267 cm³/mol. The van der Waals surface area contributed by atoms with E-state index in [1.54, 1.807) is 0 Å². The minimum absolute atomic E-state index is 0. The molecule has 68 heavy (non-hydrogen) atoms. The highest BCUT2D eigenvalue weighted by molar-refractivity contribution is 6.02. The summed E-state index contributed by atoms with van der Waals surface area (Å²) >= 11 is 0. The summed E-state index contributed by atoms with van der Waals surface area (Å²) in [7, 11) is 1.45. The highest BCUT2D eigenvalue weighted by atomic mass is 35.5. The number of halogens is 1. The highest BCUT2D eigenvalue weighted by Gasteiger charge is 2.72. The van der Waals surface area contributed by atoms with Crippen LogP contribution in [0.5, 0.6) is 5.75 Å². The molecule has 4 fully saturated rings. The molecule has 2 aromatic carbocycles. The molecule has 0 saturated heterocycles. The van der Waals surface area contributed by atoms with E-state index in [-0.39, 0.29) is 64.1 Å². The fourth-order valence-corrected chi connectivity index (χ4v) is 16.3. The summed E-state index contributed by atoms with van der Waals surface area (Å²) < 4.78 is 21.7. The standard InChI is InChI=1S/C59H79N2O6.ClH/c1-13-60(14-2)38-21-23-42-46(33-38)66-47-34-39(61(15-3)16-4)22-24-43(47)50(42)40-19-17-18-20-41(40)53(63)67-49-27-29-56(8)48(59(49,11)54(64)65-12)26-30-58(10)52(56)45(62)35-44-51-37(6)36(5)25-28-55(51,7)31-32-57(44,58)9;/h17-24,33-37,42,48-52H,13-16,25-32H2,1-12H3;1H/q+1;/p-1/t36-,37+,42?,48-,49-,50?,51+,52-,55-,56+,57-,58-,59-;/m1./s1. The zero-order chi connectivity index (χ0) is 48.0. The van der Waals surface area contributed by atoms with E-state index in [4.69, 9.17) is 14.2 Å². The summed E-state index contributed by atoms with van der Waals surface area (Å²) in [6.07, 6.45) is 15.5. The van der Waals surface area contributed by atoms with Crippen LogP contribution >= 0.6 is 0 Å². The van der Waals surface area contributed by atoms with Crippen molar-refractivity contribution in [1.82, 2.24) is 0 Å². The second kappa shape index (κ2) is 18.2. The topological polar surface area (TPSA) is 85.2 Å². The van der Waals surface area contributed by atoms with Gasteiger partial charge in [-0.2, -0.15) is 0 Å². The second-order valence-corrected chi connectivity index (χ2v) is 23.1. The van der Waals surface area contributed by atoms with Gasteiger partial charge in [-0.3, -0.25) is 9.59 Å². The Labute approximate surface area is 413 Å². The van der Waals surface area contributed by atoms with Crippen molar-refractivity contribution in [2.24, 2.45) is 62.6 Å². The van der Waals surface area contributed by atoms with Crippen LogP contribution in [0.3, 0.4) is 0 Å². The number of carbonyl (C=O) groups is 3. The first kappa shape index (κ1) is 50.2. The Morgan fingerprint density at radius 2 is 1.57 bits per heavy atom. The van der Waals surface area contributed by atoms with Crippen molar-refractivity contribution in [2.45, 2.75) is 140 Å². The number of ether oxygens (including phenoxy) is 3. The zero-order valence-electron chi connectivity index (χ0n) is 43.2. The van der Waals surface area contributed by atoms with Gasteiger partial charge in [-0.25, -0.2) is 9.37 Å². The molecule has 1 aliphatic heterocycles. The zero-order valence-corrected chi connectivity index (χ0v) is 43.9. The normalized spacial score (nSPS) is 37.7. The summed E-state index contributed by atoms with van der Waals surface area (Å²) in [5.41, 5.74) is 4.15. The lowest BCUT2D eigenvalue weighted by molar-refractivity contribution is -0.519. The summed E-state index contributed by atoms with van der Waals surface area (Å²) in [5, 5.41) is 0. The van der Waals surface area contributed by atoms with Crippen molar-refractivity contribution in [1.29, 1.82) is 0 Å². The fraction of sp³-hybridized carbons (Fsp3) is 0.627. The monoisotopic (exact) mass is 947 g/mol. The van der Waals surface area contributed by atoms with Crippen LogP contribution in [0.25, 0.3) is 0 Å². The largest absolute Gasteiger partial charge is 1.00 e. The average molecular weight is 948 g/mol. The molecule has 0 spiro atoms. The average Bonchev–Trinajstić information content (AvgIpc) is 3.31. The second-order valence-electron chi connectivity index (χ2n) is 23.1. The minimum atomic E-state index is -1.16. The Hall–Kier alpha value is -4.17. The molecule has 2 aromatic rings. The summed E-state index contributed by atoms with van der Waals surface area (Å²) in [6.45, 7) is 28.7. The molecular formula is C59H79ClN2O6. The van der Waals surface area contributed by atoms with Gasteiger partial charge in [0.15, 0.2) is 5.78 Å². The number of ketones is 1. The fourth-order valence-electron chi connectivity index (χ4n) is 16.3. The number of esters is 2. The SMILES string of the molecule is CCN(CC)c1ccc2c(c1)OC1=CC(=[N+](CC)CC)C=CC1C2c1ccccc1C(=O)O[C@@H]1CC[C@@]2(C)[C@@H](CC[C@]3(C)[C@@H]2C(=O)C=C2[C@@H]4[C@@H](C)[C@H](C)CC[C@]4(C)CC[C@]23C)[C@@]1(C)C(=O)OC.[Cl-]. The Morgan fingerprint density at radius 1 is 0.853 bits per heavy atom. The summed E-state index contributed by atoms with van der Waals surface area (Å²) in [5.74, 6) is 1.77. The van der Waals surface area contributed by atoms with Gasteiger partial charge in [-0.1, -0.05) is 77.5 Å². The van der Waals surface area contributed by atoms with Crippen LogP contribution in [-0.4, -0.2) is 67.4 Å². The van der Waals surface area contributed by atoms with Crippen LogP contribution in [0.2, 0.25) is 0 Å². The lowest BCUT2D eigenvalue weighted by Crippen LogP contribution is -3.00. The van der Waals surface area contributed by atoms with Crippen LogP contribution in [0, 0.1) is 62.6 Å². The van der Waals surface area contributed by atoms with E-state index in [0.717, 1.165) is 79.5 Å². The van der Waals surface area contributed by atoms with E-state index < -0.39 is 22.9 Å². The Kier molecular flexibility index (Phi) is 13.5. The minimum Gasteiger partial charge on any atom is -1.00 e. The van der Waals surface area contributed by atoms with Gasteiger partial charge >= 0.3 is 11.9 Å². The smallest absolute Gasteiger partial charge is 0.338 e. The van der Waals surface area contributed by atoms with E-state index in [1.807, 2.05) is 25.1 Å². The van der Waals surface area contributed by atoms with Crippen molar-refractivity contribution < 1.29 is 45.6 Å². The molecule has 7 aliphatic rings. The Bertz CT molecular complexity index is 2460. The summed E-state index contributed by atoms with van der Waals surface area (Å²) in [4.78, 5) is 47.2. The van der Waals surface area contributed by atoms with Crippen molar-refractivity contribution in [3.63, 3.8) is 0 Å². The molecular weight excluding hydrogens is 868 g/mol. The molecule has 13 atom stereocenters. The van der Waals surface area contributed by atoms with E-state index in [2.05, 4.69) is 127 Å². The van der Waals surface area contributed by atoms with Crippen LogP contribution in [0.1, 0.15) is 155 Å². The first-order valence-corrected chi connectivity index (χ1v) is 26.1. The number of benzene rings is 2.